The van der Waals surface area contributed by atoms with Crippen molar-refractivity contribution in [2.45, 2.75) is 63.1 Å². The van der Waals surface area contributed by atoms with Gasteiger partial charge in [0.15, 0.2) is 17.3 Å². The summed E-state index contributed by atoms with van der Waals surface area (Å²) < 4.78 is 11.7. The molecular formula is C20H22O5. The van der Waals surface area contributed by atoms with E-state index in [-0.39, 0.29) is 34.4 Å². The Labute approximate surface area is 146 Å². The van der Waals surface area contributed by atoms with Gasteiger partial charge >= 0.3 is 0 Å². The maximum atomic E-state index is 12.9. The van der Waals surface area contributed by atoms with Crippen molar-refractivity contribution in [1.29, 1.82) is 0 Å². The summed E-state index contributed by atoms with van der Waals surface area (Å²) in [6, 6.07) is 0. The smallest absolute Gasteiger partial charge is 0.190 e. The van der Waals surface area contributed by atoms with Crippen molar-refractivity contribution in [2.75, 3.05) is 6.61 Å². The van der Waals surface area contributed by atoms with Gasteiger partial charge in [-0.1, -0.05) is 13.8 Å². The molecule has 2 aliphatic heterocycles. The van der Waals surface area contributed by atoms with Gasteiger partial charge in [0.2, 0.25) is 0 Å². The molecule has 2 fully saturated rings. The van der Waals surface area contributed by atoms with Crippen LogP contribution >= 0.6 is 0 Å². The van der Waals surface area contributed by atoms with Gasteiger partial charge in [0.05, 0.1) is 17.8 Å². The second kappa shape index (κ2) is 4.04. The van der Waals surface area contributed by atoms with Crippen LogP contribution in [0, 0.1) is 0 Å². The van der Waals surface area contributed by atoms with Crippen LogP contribution in [0.25, 0.3) is 0 Å². The topological polar surface area (TPSA) is 79.3 Å². The monoisotopic (exact) mass is 342 g/mol. The molecule has 0 spiro atoms. The molecule has 0 radical (unpaired) electrons. The third-order valence-electron chi connectivity index (χ3n) is 7.09. The lowest BCUT2D eigenvalue weighted by molar-refractivity contribution is 0.103. The number of hydrogen-bond donors (Lipinski definition) is 2. The van der Waals surface area contributed by atoms with E-state index in [2.05, 4.69) is 6.92 Å². The second-order valence-electron chi connectivity index (χ2n) is 8.52. The average molecular weight is 342 g/mol. The summed E-state index contributed by atoms with van der Waals surface area (Å²) in [7, 11) is 0. The van der Waals surface area contributed by atoms with Gasteiger partial charge in [0, 0.05) is 22.5 Å². The van der Waals surface area contributed by atoms with Crippen LogP contribution in [0.15, 0.2) is 11.6 Å². The minimum absolute atomic E-state index is 0.00135. The highest BCUT2D eigenvalue weighted by Gasteiger charge is 2.72. The van der Waals surface area contributed by atoms with Crippen molar-refractivity contribution in [3.63, 3.8) is 0 Å². The first kappa shape index (κ1) is 15.3. The summed E-state index contributed by atoms with van der Waals surface area (Å²) in [6.07, 6.45) is 3.20. The first-order valence-corrected chi connectivity index (χ1v) is 8.86. The van der Waals surface area contributed by atoms with Crippen LogP contribution in [0.2, 0.25) is 0 Å². The first-order valence-electron chi connectivity index (χ1n) is 8.86. The molecule has 4 atom stereocenters. The van der Waals surface area contributed by atoms with Crippen molar-refractivity contribution in [3.8, 4) is 17.2 Å². The van der Waals surface area contributed by atoms with Crippen molar-refractivity contribution >= 4 is 5.78 Å². The maximum Gasteiger partial charge on any atom is 0.190 e. The van der Waals surface area contributed by atoms with Crippen molar-refractivity contribution in [3.05, 3.63) is 28.3 Å². The molecule has 0 bridgehead atoms. The van der Waals surface area contributed by atoms with Crippen LogP contribution in [-0.2, 0) is 10.2 Å². The third kappa shape index (κ3) is 1.48. The molecule has 2 aliphatic carbocycles. The quantitative estimate of drug-likeness (QED) is 0.558. The Morgan fingerprint density at radius 1 is 1.16 bits per heavy atom. The Hall–Kier alpha value is -2.01. The fourth-order valence-electron chi connectivity index (χ4n) is 5.36. The molecule has 1 aromatic rings. The molecular weight excluding hydrogens is 320 g/mol. The van der Waals surface area contributed by atoms with Gasteiger partial charge in [-0.2, -0.15) is 0 Å². The number of benzene rings is 1. The van der Waals surface area contributed by atoms with Crippen LogP contribution < -0.4 is 4.74 Å². The summed E-state index contributed by atoms with van der Waals surface area (Å²) in [5.41, 5.74) is 0.857. The summed E-state index contributed by atoms with van der Waals surface area (Å²) in [4.78, 5) is 12.9. The van der Waals surface area contributed by atoms with E-state index >= 15 is 0 Å². The molecule has 5 rings (SSSR count). The number of ketones is 1. The van der Waals surface area contributed by atoms with Gasteiger partial charge in [0.25, 0.3) is 0 Å². The molecule has 5 nitrogen and oxygen atoms in total. The van der Waals surface area contributed by atoms with Gasteiger partial charge in [0.1, 0.15) is 11.4 Å². The Balaban J connectivity index is 1.83. The van der Waals surface area contributed by atoms with Crippen LogP contribution in [0.3, 0.4) is 0 Å². The van der Waals surface area contributed by atoms with E-state index in [0.29, 0.717) is 23.5 Å². The number of phenols is 2. The lowest BCUT2D eigenvalue weighted by atomic mass is 9.57. The number of fused-ring (bicyclic) bond motifs is 6. The minimum atomic E-state index is -0.556. The fourth-order valence-corrected chi connectivity index (χ4v) is 5.36. The highest BCUT2D eigenvalue weighted by Crippen LogP contribution is 2.68. The summed E-state index contributed by atoms with van der Waals surface area (Å²) in [5, 5.41) is 21.9. The van der Waals surface area contributed by atoms with E-state index in [1.165, 1.54) is 0 Å². The van der Waals surface area contributed by atoms with Crippen LogP contribution in [-0.4, -0.2) is 33.8 Å². The number of allylic oxidation sites excluding steroid dienone is 1. The molecule has 0 amide bonds. The number of aromatic hydroxyl groups is 2. The van der Waals surface area contributed by atoms with E-state index in [0.717, 1.165) is 18.4 Å². The Kier molecular flexibility index (Phi) is 2.46. The van der Waals surface area contributed by atoms with Crippen LogP contribution in [0.5, 0.6) is 17.2 Å². The zero-order valence-electron chi connectivity index (χ0n) is 14.9. The zero-order valence-corrected chi connectivity index (χ0v) is 14.9. The molecule has 1 aromatic carbocycles. The number of carbonyl (C=O) groups excluding carboxylic acids is 1. The van der Waals surface area contributed by atoms with Crippen LogP contribution in [0.4, 0.5) is 0 Å². The van der Waals surface area contributed by atoms with Gasteiger partial charge in [-0.3, -0.25) is 4.79 Å². The predicted octanol–water partition coefficient (Wildman–Crippen LogP) is 3.32. The van der Waals surface area contributed by atoms with Gasteiger partial charge in [-0.15, -0.1) is 0 Å². The number of phenolic OH excluding ortho intramolecular Hbond substituents is 2. The minimum Gasteiger partial charge on any atom is -0.507 e. The lowest BCUT2D eigenvalue weighted by Crippen LogP contribution is -2.44. The molecule has 4 aliphatic rings. The van der Waals surface area contributed by atoms with E-state index in [1.54, 1.807) is 6.08 Å². The van der Waals surface area contributed by atoms with Gasteiger partial charge in [-0.05, 0) is 38.3 Å². The van der Waals surface area contributed by atoms with E-state index in [4.69, 9.17) is 9.47 Å². The predicted molar refractivity (Wildman–Crippen MR) is 90.6 cm³/mol. The normalized spacial score (nSPS) is 40.4. The van der Waals surface area contributed by atoms with Crippen molar-refractivity contribution in [2.24, 2.45) is 0 Å². The molecule has 25 heavy (non-hydrogen) atoms. The number of hydrogen-bond acceptors (Lipinski definition) is 5. The van der Waals surface area contributed by atoms with Gasteiger partial charge in [-0.25, -0.2) is 0 Å². The van der Waals surface area contributed by atoms with Crippen LogP contribution in [0.1, 0.15) is 67.9 Å². The molecule has 2 N–H and O–H groups in total. The number of carbonyl (C=O) groups is 1. The summed E-state index contributed by atoms with van der Waals surface area (Å²) >= 11 is 0. The third-order valence-corrected chi connectivity index (χ3v) is 7.09. The highest BCUT2D eigenvalue weighted by molar-refractivity contribution is 6.12. The Bertz CT molecular complexity index is 900. The standard InChI is InChI=1S/C20H22O5/c1-9-8-24-17-12(9)15(22)13-10(21)7-11-18(2,14(13)16(17)23)5-6-19(3)20(11,4)25-19/h7,9,22-23H,5-6,8H2,1-4H3/t9-,18+,19+,20-/m1/s1. The second-order valence-corrected chi connectivity index (χ2v) is 8.52. The molecule has 1 saturated heterocycles. The number of epoxide rings is 1. The van der Waals surface area contributed by atoms with Crippen molar-refractivity contribution < 1.29 is 24.5 Å². The number of ether oxygens (including phenoxy) is 2. The number of rotatable bonds is 0. The van der Waals surface area contributed by atoms with Crippen molar-refractivity contribution in [1.82, 2.24) is 0 Å². The molecule has 0 aromatic heterocycles. The average Bonchev–Trinajstić information content (AvgIpc) is 2.91. The molecule has 132 valence electrons. The SMILES string of the molecule is C[C@@H]1COc2c(O)c3c(c(O)c21)C(=O)C=C1[C@]3(C)CC[C@]2(C)O[C@]12C. The van der Waals surface area contributed by atoms with Gasteiger partial charge < -0.3 is 19.7 Å². The first-order chi connectivity index (χ1) is 11.6. The van der Waals surface area contributed by atoms with E-state index in [9.17, 15) is 15.0 Å². The molecule has 5 heteroatoms. The zero-order chi connectivity index (χ0) is 17.9. The maximum absolute atomic E-state index is 12.9. The fraction of sp³-hybridized carbons (Fsp3) is 0.550. The van der Waals surface area contributed by atoms with E-state index in [1.807, 2.05) is 20.8 Å². The summed E-state index contributed by atoms with van der Waals surface area (Å²) in [6.45, 7) is 8.42. The Morgan fingerprint density at radius 2 is 1.88 bits per heavy atom. The molecule has 0 unspecified atom stereocenters. The Morgan fingerprint density at radius 3 is 2.60 bits per heavy atom. The molecule has 1 saturated carbocycles. The lowest BCUT2D eigenvalue weighted by Gasteiger charge is -2.43. The van der Waals surface area contributed by atoms with E-state index < -0.39 is 11.0 Å². The highest BCUT2D eigenvalue weighted by atomic mass is 16.6. The summed E-state index contributed by atoms with van der Waals surface area (Å²) in [5.74, 6) is -0.0329. The largest absolute Gasteiger partial charge is 0.507 e. The molecule has 2 heterocycles.